The van der Waals surface area contributed by atoms with Gasteiger partial charge >= 0.3 is 0 Å². The van der Waals surface area contributed by atoms with E-state index < -0.39 is 5.91 Å². The monoisotopic (exact) mass is 406 g/mol. The number of nitrogens with zero attached hydrogens (tertiary/aromatic N) is 4. The number of carbonyl (C=O) groups excluding carboxylic acids is 2. The Morgan fingerprint density at radius 2 is 2.00 bits per heavy atom. The molecule has 0 saturated heterocycles. The number of aromatic nitrogens is 4. The third-order valence-electron chi connectivity index (χ3n) is 4.38. The van der Waals surface area contributed by atoms with Crippen LogP contribution in [0, 0.1) is 6.92 Å². The minimum absolute atomic E-state index is 0.0396. The molecule has 146 valence electrons. The van der Waals surface area contributed by atoms with Gasteiger partial charge in [-0.1, -0.05) is 18.2 Å². The first-order chi connectivity index (χ1) is 14.0. The Bertz CT molecular complexity index is 1210. The van der Waals surface area contributed by atoms with Crippen molar-refractivity contribution in [2.45, 2.75) is 19.9 Å². The van der Waals surface area contributed by atoms with E-state index in [1.165, 1.54) is 11.3 Å². The molecule has 4 rings (SSSR count). The zero-order valence-corrected chi connectivity index (χ0v) is 16.4. The number of nitrogens with one attached hydrogen (secondary N) is 1. The maximum atomic E-state index is 13.0. The van der Waals surface area contributed by atoms with Gasteiger partial charge in [-0.05, 0) is 25.1 Å². The van der Waals surface area contributed by atoms with Crippen LogP contribution in [0.15, 0.2) is 48.0 Å². The fourth-order valence-electron chi connectivity index (χ4n) is 3.01. The Kier molecular flexibility index (Phi) is 5.05. The summed E-state index contributed by atoms with van der Waals surface area (Å²) in [7, 11) is 0. The van der Waals surface area contributed by atoms with E-state index in [0.717, 1.165) is 22.3 Å². The molecule has 0 bridgehead atoms. The molecule has 0 aliphatic rings. The molecule has 0 saturated carbocycles. The number of para-hydroxylation sites is 1. The Morgan fingerprint density at radius 1 is 1.17 bits per heavy atom. The third-order valence-corrected chi connectivity index (χ3v) is 5.19. The van der Waals surface area contributed by atoms with Crippen LogP contribution in [0.1, 0.15) is 27.4 Å². The van der Waals surface area contributed by atoms with E-state index in [2.05, 4.69) is 20.4 Å². The molecule has 3 aromatic heterocycles. The van der Waals surface area contributed by atoms with E-state index in [-0.39, 0.29) is 12.3 Å². The molecule has 0 aliphatic carbocycles. The number of rotatable bonds is 6. The van der Waals surface area contributed by atoms with Crippen LogP contribution >= 0.6 is 11.3 Å². The highest BCUT2D eigenvalue weighted by Crippen LogP contribution is 2.22. The number of nitrogens with two attached hydrogens (primary N) is 1. The summed E-state index contributed by atoms with van der Waals surface area (Å²) >= 11 is 1.25. The van der Waals surface area contributed by atoms with Gasteiger partial charge in [0.05, 0.1) is 35.4 Å². The minimum Gasteiger partial charge on any atom is -0.369 e. The molecule has 0 fully saturated rings. The molecule has 8 nitrogen and oxygen atoms in total. The number of anilines is 1. The zero-order chi connectivity index (χ0) is 20.4. The second-order valence-electron chi connectivity index (χ2n) is 6.55. The number of fused-ring (bicyclic) bond motifs is 1. The molecule has 0 atom stereocenters. The van der Waals surface area contributed by atoms with E-state index in [1.54, 1.807) is 17.6 Å². The molecule has 0 radical (unpaired) electrons. The highest BCUT2D eigenvalue weighted by Gasteiger charge is 2.16. The number of aryl methyl sites for hydroxylation is 1. The number of carbonyl (C=O) groups is 2. The molecule has 1 aromatic carbocycles. The van der Waals surface area contributed by atoms with Gasteiger partial charge in [-0.15, -0.1) is 11.3 Å². The van der Waals surface area contributed by atoms with Gasteiger partial charge in [-0.25, -0.2) is 4.98 Å². The Hall–Kier alpha value is -3.59. The zero-order valence-electron chi connectivity index (χ0n) is 15.6. The number of pyridine rings is 1. The topological polar surface area (TPSA) is 116 Å². The predicted octanol–water partition coefficient (Wildman–Crippen LogP) is 2.52. The van der Waals surface area contributed by atoms with E-state index in [1.807, 2.05) is 41.9 Å². The highest BCUT2D eigenvalue weighted by molar-refractivity contribution is 7.14. The fourth-order valence-corrected chi connectivity index (χ4v) is 3.71. The van der Waals surface area contributed by atoms with Crippen molar-refractivity contribution in [2.75, 3.05) is 5.32 Å². The number of thiazole rings is 1. The van der Waals surface area contributed by atoms with Crippen LogP contribution in [0.3, 0.4) is 0 Å². The number of amides is 2. The Morgan fingerprint density at radius 3 is 2.76 bits per heavy atom. The molecule has 3 N–H and O–H groups in total. The summed E-state index contributed by atoms with van der Waals surface area (Å²) in [5.41, 5.74) is 8.70. The third kappa shape index (κ3) is 4.14. The summed E-state index contributed by atoms with van der Waals surface area (Å²) in [5.74, 6) is -0.756. The molecule has 0 aliphatic heterocycles. The first-order valence-electron chi connectivity index (χ1n) is 8.91. The van der Waals surface area contributed by atoms with Gasteiger partial charge in [-0.2, -0.15) is 5.10 Å². The first kappa shape index (κ1) is 18.8. The van der Waals surface area contributed by atoms with Crippen molar-refractivity contribution in [3.8, 4) is 0 Å². The van der Waals surface area contributed by atoms with Crippen LogP contribution in [0.5, 0.6) is 0 Å². The Labute approximate surface area is 170 Å². The molecule has 3 heterocycles. The van der Waals surface area contributed by atoms with Gasteiger partial charge in [-0.3, -0.25) is 24.6 Å². The van der Waals surface area contributed by atoms with Crippen LogP contribution in [-0.2, 0) is 17.8 Å². The van der Waals surface area contributed by atoms with Crippen LogP contribution in [-0.4, -0.2) is 31.6 Å². The minimum atomic E-state index is -0.466. The number of primary amides is 1. The lowest BCUT2D eigenvalue weighted by atomic mass is 10.1. The standard InChI is InChI=1S/C20H18N6O2S/c1-12-6-7-22-26(12)10-13-8-16(15-4-2-3-5-17(15)23-13)19(28)25-20-24-14(11-29-20)9-18(21)27/h2-8,11H,9-10H2,1H3,(H2,21,27)(H,24,25,28). The van der Waals surface area contributed by atoms with Crippen molar-refractivity contribution in [2.24, 2.45) is 5.73 Å². The first-order valence-corrected chi connectivity index (χ1v) is 9.78. The molecule has 2 amide bonds. The van der Waals surface area contributed by atoms with Crippen molar-refractivity contribution in [1.29, 1.82) is 0 Å². The lowest BCUT2D eigenvalue weighted by Crippen LogP contribution is -2.15. The fraction of sp³-hybridized carbons (Fsp3) is 0.150. The summed E-state index contributed by atoms with van der Waals surface area (Å²) in [6, 6.07) is 11.2. The quantitative estimate of drug-likeness (QED) is 0.510. The largest absolute Gasteiger partial charge is 0.369 e. The predicted molar refractivity (Wildman–Crippen MR) is 111 cm³/mol. The normalized spacial score (nSPS) is 10.9. The number of benzene rings is 1. The van der Waals surface area contributed by atoms with E-state index >= 15 is 0 Å². The molecule has 0 spiro atoms. The van der Waals surface area contributed by atoms with Crippen LogP contribution in [0.2, 0.25) is 0 Å². The highest BCUT2D eigenvalue weighted by atomic mass is 32.1. The maximum absolute atomic E-state index is 13.0. The molecule has 0 unspecified atom stereocenters. The summed E-state index contributed by atoms with van der Waals surface area (Å²) < 4.78 is 1.83. The van der Waals surface area contributed by atoms with Crippen molar-refractivity contribution < 1.29 is 9.59 Å². The summed E-state index contributed by atoms with van der Waals surface area (Å²) in [6.07, 6.45) is 1.77. The molecular formula is C20H18N6O2S. The van der Waals surface area contributed by atoms with Crippen LogP contribution in [0.25, 0.3) is 10.9 Å². The van der Waals surface area contributed by atoms with Gasteiger partial charge in [0.1, 0.15) is 0 Å². The van der Waals surface area contributed by atoms with Gasteiger partial charge in [0.15, 0.2) is 5.13 Å². The van der Waals surface area contributed by atoms with Crippen LogP contribution in [0.4, 0.5) is 5.13 Å². The average molecular weight is 406 g/mol. The van der Waals surface area contributed by atoms with Crippen molar-refractivity contribution in [3.05, 3.63) is 70.6 Å². The van der Waals surface area contributed by atoms with Crippen LogP contribution < -0.4 is 11.1 Å². The van der Waals surface area contributed by atoms with Crippen molar-refractivity contribution in [3.63, 3.8) is 0 Å². The van der Waals surface area contributed by atoms with Crippen molar-refractivity contribution in [1.82, 2.24) is 19.7 Å². The lowest BCUT2D eigenvalue weighted by molar-refractivity contribution is -0.117. The van der Waals surface area contributed by atoms with Gasteiger partial charge in [0, 0.05) is 22.7 Å². The smallest absolute Gasteiger partial charge is 0.258 e. The molecule has 4 aromatic rings. The SMILES string of the molecule is Cc1ccnn1Cc1cc(C(=O)Nc2nc(CC(N)=O)cs2)c2ccccc2n1. The Balaban J connectivity index is 1.66. The van der Waals surface area contributed by atoms with Gasteiger partial charge < -0.3 is 5.73 Å². The van der Waals surface area contributed by atoms with Gasteiger partial charge in [0.2, 0.25) is 5.91 Å². The second-order valence-corrected chi connectivity index (χ2v) is 7.41. The summed E-state index contributed by atoms with van der Waals surface area (Å²) in [5, 5.41) is 9.97. The van der Waals surface area contributed by atoms with Gasteiger partial charge in [0.25, 0.3) is 5.91 Å². The summed E-state index contributed by atoms with van der Waals surface area (Å²) in [4.78, 5) is 33.0. The van der Waals surface area contributed by atoms with E-state index in [9.17, 15) is 9.59 Å². The summed E-state index contributed by atoms with van der Waals surface area (Å²) in [6.45, 7) is 2.43. The molecular weight excluding hydrogens is 388 g/mol. The maximum Gasteiger partial charge on any atom is 0.258 e. The molecule has 29 heavy (non-hydrogen) atoms. The number of hydrogen-bond donors (Lipinski definition) is 2. The average Bonchev–Trinajstić information content (AvgIpc) is 3.29. The number of hydrogen-bond acceptors (Lipinski definition) is 6. The second kappa shape index (κ2) is 7.80. The van der Waals surface area contributed by atoms with E-state index in [0.29, 0.717) is 22.9 Å². The van der Waals surface area contributed by atoms with Crippen molar-refractivity contribution >= 4 is 39.2 Å². The van der Waals surface area contributed by atoms with E-state index in [4.69, 9.17) is 5.73 Å². The molecule has 9 heteroatoms. The lowest BCUT2D eigenvalue weighted by Gasteiger charge is -2.10.